The minimum absolute atomic E-state index is 0.0193. The first-order chi connectivity index (χ1) is 12.7. The van der Waals surface area contributed by atoms with E-state index in [1.807, 2.05) is 35.7 Å². The van der Waals surface area contributed by atoms with Crippen molar-refractivity contribution >= 4 is 23.2 Å². The number of hydrogen-bond acceptors (Lipinski definition) is 5. The Morgan fingerprint density at radius 3 is 2.96 bits per heavy atom. The second-order valence-corrected chi connectivity index (χ2v) is 7.15. The van der Waals surface area contributed by atoms with Gasteiger partial charge in [-0.25, -0.2) is 4.98 Å². The summed E-state index contributed by atoms with van der Waals surface area (Å²) in [7, 11) is 1.61. The molecular weight excluding hydrogens is 350 g/mol. The molecule has 0 spiro atoms. The summed E-state index contributed by atoms with van der Waals surface area (Å²) in [6.07, 6.45) is 1.01. The fraction of sp³-hybridized carbons (Fsp3) is 0.421. The van der Waals surface area contributed by atoms with Gasteiger partial charge in [0.2, 0.25) is 11.8 Å². The number of piperidine rings is 1. The molecule has 138 valence electrons. The zero-order chi connectivity index (χ0) is 18.4. The van der Waals surface area contributed by atoms with Crippen LogP contribution < -0.4 is 5.32 Å². The standard InChI is InChI=1S/C19H23N3O3S/c1-25-10-9-22-12-15(7-8-17(22)23)18(24)20-11-16-13-26-19(21-16)14-5-3-2-4-6-14/h2-6,13,15H,7-12H2,1H3,(H,20,24)/t15-/m0/s1. The molecule has 0 aliphatic carbocycles. The molecule has 2 aromatic rings. The molecule has 0 radical (unpaired) electrons. The van der Waals surface area contributed by atoms with Crippen LogP contribution in [0.2, 0.25) is 0 Å². The number of aromatic nitrogens is 1. The summed E-state index contributed by atoms with van der Waals surface area (Å²) in [5, 5.41) is 5.88. The van der Waals surface area contributed by atoms with E-state index in [4.69, 9.17) is 4.74 Å². The van der Waals surface area contributed by atoms with Crippen LogP contribution in [-0.2, 0) is 20.9 Å². The maximum atomic E-state index is 12.5. The first-order valence-corrected chi connectivity index (χ1v) is 9.59. The number of methoxy groups -OCH3 is 1. The van der Waals surface area contributed by atoms with Crippen molar-refractivity contribution in [2.24, 2.45) is 5.92 Å². The highest BCUT2D eigenvalue weighted by atomic mass is 32.1. The van der Waals surface area contributed by atoms with E-state index in [9.17, 15) is 9.59 Å². The third kappa shape index (κ3) is 4.68. The molecule has 1 aliphatic heterocycles. The van der Waals surface area contributed by atoms with Gasteiger partial charge in [-0.1, -0.05) is 30.3 Å². The Bertz CT molecular complexity index is 747. The van der Waals surface area contributed by atoms with Gasteiger partial charge in [-0.3, -0.25) is 9.59 Å². The third-order valence-electron chi connectivity index (χ3n) is 4.45. The van der Waals surface area contributed by atoms with E-state index < -0.39 is 0 Å². The molecule has 1 aliphatic rings. The Kier molecular flexibility index (Phi) is 6.35. The van der Waals surface area contributed by atoms with Crippen molar-refractivity contribution in [1.82, 2.24) is 15.2 Å². The molecule has 1 aromatic heterocycles. The minimum atomic E-state index is -0.170. The van der Waals surface area contributed by atoms with Crippen LogP contribution in [0, 0.1) is 5.92 Å². The molecule has 2 heterocycles. The smallest absolute Gasteiger partial charge is 0.225 e. The molecule has 0 unspecified atom stereocenters. The van der Waals surface area contributed by atoms with Gasteiger partial charge in [-0.15, -0.1) is 11.3 Å². The van der Waals surface area contributed by atoms with Gasteiger partial charge < -0.3 is 15.0 Å². The number of nitrogens with one attached hydrogen (secondary N) is 1. The number of ether oxygens (including phenoxy) is 1. The lowest BCUT2D eigenvalue weighted by molar-refractivity contribution is -0.138. The number of rotatable bonds is 7. The number of thiazole rings is 1. The molecule has 26 heavy (non-hydrogen) atoms. The second-order valence-electron chi connectivity index (χ2n) is 6.30. The van der Waals surface area contributed by atoms with Crippen molar-refractivity contribution in [2.75, 3.05) is 26.8 Å². The molecule has 2 amide bonds. The van der Waals surface area contributed by atoms with Crippen LogP contribution in [0.1, 0.15) is 18.5 Å². The SMILES string of the molecule is COCCN1C[C@@H](C(=O)NCc2csc(-c3ccccc3)n2)CCC1=O. The quantitative estimate of drug-likeness (QED) is 0.808. The molecule has 3 rings (SSSR count). The number of nitrogens with zero attached hydrogens (tertiary/aromatic N) is 2. The van der Waals surface area contributed by atoms with Gasteiger partial charge in [0.05, 0.1) is 24.8 Å². The van der Waals surface area contributed by atoms with Gasteiger partial charge >= 0.3 is 0 Å². The van der Waals surface area contributed by atoms with Crippen LogP contribution >= 0.6 is 11.3 Å². The van der Waals surface area contributed by atoms with Gasteiger partial charge in [0, 0.05) is 37.6 Å². The monoisotopic (exact) mass is 373 g/mol. The molecule has 7 heteroatoms. The van der Waals surface area contributed by atoms with E-state index in [-0.39, 0.29) is 17.7 Å². The number of hydrogen-bond donors (Lipinski definition) is 1. The van der Waals surface area contributed by atoms with Gasteiger partial charge in [0.1, 0.15) is 5.01 Å². The van der Waals surface area contributed by atoms with E-state index in [1.165, 1.54) is 0 Å². The predicted molar refractivity (Wildman–Crippen MR) is 101 cm³/mol. The summed E-state index contributed by atoms with van der Waals surface area (Å²) in [5.74, 6) is -0.0935. The molecule has 1 atom stereocenters. The highest BCUT2D eigenvalue weighted by Crippen LogP contribution is 2.23. The van der Waals surface area contributed by atoms with Crippen molar-refractivity contribution in [1.29, 1.82) is 0 Å². The number of carbonyl (C=O) groups excluding carboxylic acids is 2. The van der Waals surface area contributed by atoms with Crippen LogP contribution in [0.5, 0.6) is 0 Å². The highest BCUT2D eigenvalue weighted by molar-refractivity contribution is 7.13. The molecule has 1 aromatic carbocycles. The largest absolute Gasteiger partial charge is 0.383 e. The fourth-order valence-corrected chi connectivity index (χ4v) is 3.80. The Labute approximate surface area is 157 Å². The lowest BCUT2D eigenvalue weighted by atomic mass is 9.96. The first-order valence-electron chi connectivity index (χ1n) is 8.71. The molecular formula is C19H23N3O3S. The van der Waals surface area contributed by atoms with Crippen LogP contribution in [0.3, 0.4) is 0 Å². The Balaban J connectivity index is 1.52. The highest BCUT2D eigenvalue weighted by Gasteiger charge is 2.29. The summed E-state index contributed by atoms with van der Waals surface area (Å²) < 4.78 is 5.03. The molecule has 0 bridgehead atoms. The average Bonchev–Trinajstić information content (AvgIpc) is 3.15. The molecule has 1 N–H and O–H groups in total. The summed E-state index contributed by atoms with van der Waals surface area (Å²) in [6.45, 7) is 1.89. The maximum absolute atomic E-state index is 12.5. The maximum Gasteiger partial charge on any atom is 0.225 e. The number of amides is 2. The van der Waals surface area contributed by atoms with Crippen molar-refractivity contribution in [3.05, 3.63) is 41.4 Å². The van der Waals surface area contributed by atoms with Gasteiger partial charge in [0.15, 0.2) is 0 Å². The average molecular weight is 373 g/mol. The zero-order valence-corrected chi connectivity index (χ0v) is 15.6. The summed E-state index contributed by atoms with van der Waals surface area (Å²) in [4.78, 5) is 30.7. The zero-order valence-electron chi connectivity index (χ0n) is 14.8. The van der Waals surface area contributed by atoms with E-state index in [0.717, 1.165) is 16.3 Å². The van der Waals surface area contributed by atoms with Crippen molar-refractivity contribution in [3.8, 4) is 10.6 Å². The van der Waals surface area contributed by atoms with E-state index in [0.29, 0.717) is 39.1 Å². The molecule has 1 saturated heterocycles. The van der Waals surface area contributed by atoms with E-state index in [1.54, 1.807) is 23.3 Å². The fourth-order valence-electron chi connectivity index (χ4n) is 2.97. The summed E-state index contributed by atoms with van der Waals surface area (Å²) in [5.41, 5.74) is 1.93. The summed E-state index contributed by atoms with van der Waals surface area (Å²) in [6, 6.07) is 9.99. The number of likely N-dealkylation sites (tertiary alicyclic amines) is 1. The van der Waals surface area contributed by atoms with Crippen LogP contribution in [-0.4, -0.2) is 48.5 Å². The Morgan fingerprint density at radius 1 is 1.38 bits per heavy atom. The topological polar surface area (TPSA) is 71.5 Å². The lowest BCUT2D eigenvalue weighted by Gasteiger charge is -2.31. The van der Waals surface area contributed by atoms with Gasteiger partial charge in [-0.05, 0) is 6.42 Å². The lowest BCUT2D eigenvalue weighted by Crippen LogP contribution is -2.46. The van der Waals surface area contributed by atoms with Crippen LogP contribution in [0.4, 0.5) is 0 Å². The van der Waals surface area contributed by atoms with E-state index in [2.05, 4.69) is 10.3 Å². The van der Waals surface area contributed by atoms with Gasteiger partial charge in [-0.2, -0.15) is 0 Å². The summed E-state index contributed by atoms with van der Waals surface area (Å²) >= 11 is 1.57. The second kappa shape index (κ2) is 8.91. The van der Waals surface area contributed by atoms with E-state index >= 15 is 0 Å². The minimum Gasteiger partial charge on any atom is -0.383 e. The normalized spacial score (nSPS) is 17.3. The van der Waals surface area contributed by atoms with Crippen molar-refractivity contribution in [2.45, 2.75) is 19.4 Å². The first kappa shape index (κ1) is 18.5. The van der Waals surface area contributed by atoms with Crippen molar-refractivity contribution < 1.29 is 14.3 Å². The van der Waals surface area contributed by atoms with Crippen LogP contribution in [0.15, 0.2) is 35.7 Å². The third-order valence-corrected chi connectivity index (χ3v) is 5.39. The molecule has 1 fully saturated rings. The number of benzene rings is 1. The Hall–Kier alpha value is -2.25. The molecule has 0 saturated carbocycles. The van der Waals surface area contributed by atoms with Crippen LogP contribution in [0.25, 0.3) is 10.6 Å². The van der Waals surface area contributed by atoms with Crippen molar-refractivity contribution in [3.63, 3.8) is 0 Å². The molecule has 6 nitrogen and oxygen atoms in total. The Morgan fingerprint density at radius 2 is 2.19 bits per heavy atom. The van der Waals surface area contributed by atoms with Gasteiger partial charge in [0.25, 0.3) is 0 Å². The predicted octanol–water partition coefficient (Wildman–Crippen LogP) is 2.31. The number of carbonyl (C=O) groups is 2.